The van der Waals surface area contributed by atoms with Crippen LogP contribution in [0.25, 0.3) is 0 Å². The Morgan fingerprint density at radius 1 is 1.42 bits per heavy atom. The minimum absolute atomic E-state index is 0.0929. The lowest BCUT2D eigenvalue weighted by molar-refractivity contribution is -0.384. The van der Waals surface area contributed by atoms with Crippen molar-refractivity contribution in [2.45, 2.75) is 32.7 Å². The summed E-state index contributed by atoms with van der Waals surface area (Å²) < 4.78 is 5.49. The fraction of sp³-hybridized carbons (Fsp3) is 0.538. The van der Waals surface area contributed by atoms with E-state index in [1.165, 1.54) is 12.1 Å². The van der Waals surface area contributed by atoms with E-state index < -0.39 is 4.92 Å². The molecule has 1 rings (SSSR count). The number of nitro benzene ring substituents is 1. The van der Waals surface area contributed by atoms with Crippen molar-refractivity contribution in [1.29, 1.82) is 0 Å². The van der Waals surface area contributed by atoms with Gasteiger partial charge in [0.15, 0.2) is 0 Å². The zero-order valence-electron chi connectivity index (χ0n) is 11.4. The van der Waals surface area contributed by atoms with Gasteiger partial charge in [0.25, 0.3) is 5.69 Å². The Morgan fingerprint density at radius 2 is 2.11 bits per heavy atom. The van der Waals surface area contributed by atoms with Crippen LogP contribution in [0.1, 0.15) is 27.2 Å². The molecule has 0 aromatic heterocycles. The van der Waals surface area contributed by atoms with Gasteiger partial charge in [-0.3, -0.25) is 10.1 Å². The molecule has 19 heavy (non-hydrogen) atoms. The Bertz CT molecular complexity index is 444. The SMILES string of the molecule is CC(C)(C)NCCCOc1ccc([N+](=O)[O-])c(Cl)c1. The zero-order chi connectivity index (χ0) is 14.5. The van der Waals surface area contributed by atoms with Crippen LogP contribution in [0.15, 0.2) is 18.2 Å². The first-order valence-electron chi connectivity index (χ1n) is 6.11. The van der Waals surface area contributed by atoms with Gasteiger partial charge in [-0.2, -0.15) is 0 Å². The number of nitrogens with one attached hydrogen (secondary N) is 1. The maximum Gasteiger partial charge on any atom is 0.288 e. The topological polar surface area (TPSA) is 64.4 Å². The highest BCUT2D eigenvalue weighted by atomic mass is 35.5. The van der Waals surface area contributed by atoms with Crippen LogP contribution in [0.4, 0.5) is 5.69 Å². The molecule has 0 aliphatic heterocycles. The maximum atomic E-state index is 10.6. The van der Waals surface area contributed by atoms with Gasteiger partial charge in [0.05, 0.1) is 11.5 Å². The van der Waals surface area contributed by atoms with Crippen LogP contribution in [0.2, 0.25) is 5.02 Å². The number of nitrogens with zero attached hydrogens (tertiary/aromatic N) is 1. The Hall–Kier alpha value is -1.33. The van der Waals surface area contributed by atoms with Crippen LogP contribution in [0.3, 0.4) is 0 Å². The van der Waals surface area contributed by atoms with Gasteiger partial charge in [-0.25, -0.2) is 0 Å². The predicted octanol–water partition coefficient (Wildman–Crippen LogP) is 3.41. The summed E-state index contributed by atoms with van der Waals surface area (Å²) in [5, 5.41) is 14.0. The van der Waals surface area contributed by atoms with Crippen molar-refractivity contribution < 1.29 is 9.66 Å². The molecule has 0 fully saturated rings. The Labute approximate surface area is 118 Å². The second-order valence-electron chi connectivity index (χ2n) is 5.25. The number of ether oxygens (including phenoxy) is 1. The van der Waals surface area contributed by atoms with Gasteiger partial charge in [0.1, 0.15) is 10.8 Å². The minimum atomic E-state index is -0.515. The Morgan fingerprint density at radius 3 is 2.63 bits per heavy atom. The van der Waals surface area contributed by atoms with Gasteiger partial charge in [-0.1, -0.05) is 11.6 Å². The number of rotatable bonds is 6. The van der Waals surface area contributed by atoms with Crippen molar-refractivity contribution in [1.82, 2.24) is 5.32 Å². The van der Waals surface area contributed by atoms with E-state index in [2.05, 4.69) is 26.1 Å². The molecule has 0 radical (unpaired) electrons. The van der Waals surface area contributed by atoms with Crippen LogP contribution in [0.5, 0.6) is 5.75 Å². The molecule has 1 aromatic rings. The lowest BCUT2D eigenvalue weighted by Crippen LogP contribution is -2.36. The largest absolute Gasteiger partial charge is 0.493 e. The predicted molar refractivity (Wildman–Crippen MR) is 76.0 cm³/mol. The standard InChI is InChI=1S/C13H19ClN2O3/c1-13(2,3)15-7-4-8-19-10-5-6-12(16(17)18)11(14)9-10/h5-6,9,15H,4,7-8H2,1-3H3. The number of hydrogen-bond donors (Lipinski definition) is 1. The Balaban J connectivity index is 2.38. The molecule has 0 aliphatic carbocycles. The van der Waals surface area contributed by atoms with E-state index in [9.17, 15) is 10.1 Å². The molecule has 0 amide bonds. The fourth-order valence-corrected chi connectivity index (χ4v) is 1.69. The van der Waals surface area contributed by atoms with Gasteiger partial charge in [0, 0.05) is 17.7 Å². The molecule has 5 nitrogen and oxygen atoms in total. The molecule has 0 atom stereocenters. The molecule has 6 heteroatoms. The van der Waals surface area contributed by atoms with Gasteiger partial charge < -0.3 is 10.1 Å². The third-order valence-electron chi connectivity index (χ3n) is 2.36. The van der Waals surface area contributed by atoms with Crippen molar-refractivity contribution in [3.63, 3.8) is 0 Å². The van der Waals surface area contributed by atoms with Gasteiger partial charge in [0.2, 0.25) is 0 Å². The highest BCUT2D eigenvalue weighted by Gasteiger charge is 2.12. The van der Waals surface area contributed by atoms with Crippen LogP contribution in [0, 0.1) is 10.1 Å². The van der Waals surface area contributed by atoms with Crippen LogP contribution >= 0.6 is 11.6 Å². The van der Waals surface area contributed by atoms with Crippen LogP contribution in [-0.2, 0) is 0 Å². The normalized spacial score (nSPS) is 11.4. The molecular formula is C13H19ClN2O3. The zero-order valence-corrected chi connectivity index (χ0v) is 12.2. The summed E-state index contributed by atoms with van der Waals surface area (Å²) in [5.41, 5.74) is -0.0140. The first-order valence-corrected chi connectivity index (χ1v) is 6.49. The van der Waals surface area contributed by atoms with Crippen LogP contribution < -0.4 is 10.1 Å². The third-order valence-corrected chi connectivity index (χ3v) is 2.66. The highest BCUT2D eigenvalue weighted by Crippen LogP contribution is 2.28. The van der Waals surface area contributed by atoms with E-state index in [0.717, 1.165) is 13.0 Å². The number of hydrogen-bond acceptors (Lipinski definition) is 4. The molecule has 0 aliphatic rings. The van der Waals surface area contributed by atoms with E-state index in [1.807, 2.05) is 0 Å². The third kappa shape index (κ3) is 5.89. The first kappa shape index (κ1) is 15.7. The second kappa shape index (κ2) is 6.73. The van der Waals surface area contributed by atoms with Crippen molar-refractivity contribution in [2.75, 3.05) is 13.2 Å². The molecular weight excluding hydrogens is 268 g/mol. The summed E-state index contributed by atoms with van der Waals surface area (Å²) in [6.45, 7) is 7.69. The molecule has 0 saturated carbocycles. The Kier molecular flexibility index (Phi) is 5.57. The van der Waals surface area contributed by atoms with E-state index in [-0.39, 0.29) is 16.2 Å². The smallest absolute Gasteiger partial charge is 0.288 e. The summed E-state index contributed by atoms with van der Waals surface area (Å²) in [7, 11) is 0. The van der Waals surface area contributed by atoms with Crippen LogP contribution in [-0.4, -0.2) is 23.6 Å². The average molecular weight is 287 g/mol. The molecule has 0 heterocycles. The molecule has 0 unspecified atom stereocenters. The van der Waals surface area contributed by atoms with E-state index in [1.54, 1.807) is 6.07 Å². The van der Waals surface area contributed by atoms with Gasteiger partial charge in [-0.15, -0.1) is 0 Å². The van der Waals surface area contributed by atoms with Gasteiger partial charge in [-0.05, 0) is 39.8 Å². The summed E-state index contributed by atoms with van der Waals surface area (Å²) in [5.74, 6) is 0.548. The summed E-state index contributed by atoms with van der Waals surface area (Å²) in [6.07, 6.45) is 0.853. The lowest BCUT2D eigenvalue weighted by Gasteiger charge is -2.20. The van der Waals surface area contributed by atoms with Crippen molar-refractivity contribution in [3.8, 4) is 5.75 Å². The van der Waals surface area contributed by atoms with E-state index >= 15 is 0 Å². The number of halogens is 1. The first-order chi connectivity index (χ1) is 8.79. The highest BCUT2D eigenvalue weighted by molar-refractivity contribution is 6.32. The molecule has 0 bridgehead atoms. The lowest BCUT2D eigenvalue weighted by atomic mass is 10.1. The van der Waals surface area contributed by atoms with Gasteiger partial charge >= 0.3 is 0 Å². The quantitative estimate of drug-likeness (QED) is 0.494. The van der Waals surface area contributed by atoms with E-state index in [4.69, 9.17) is 16.3 Å². The van der Waals surface area contributed by atoms with Crippen molar-refractivity contribution in [2.24, 2.45) is 0 Å². The molecule has 106 valence electrons. The summed E-state index contributed by atoms with van der Waals surface area (Å²) in [4.78, 5) is 10.1. The summed E-state index contributed by atoms with van der Waals surface area (Å²) in [6, 6.07) is 4.38. The monoisotopic (exact) mass is 286 g/mol. The van der Waals surface area contributed by atoms with Crippen molar-refractivity contribution >= 4 is 17.3 Å². The summed E-state index contributed by atoms with van der Waals surface area (Å²) >= 11 is 5.79. The van der Waals surface area contributed by atoms with Crippen molar-refractivity contribution in [3.05, 3.63) is 33.3 Å². The molecule has 0 saturated heterocycles. The fourth-order valence-electron chi connectivity index (χ4n) is 1.45. The second-order valence-corrected chi connectivity index (χ2v) is 5.66. The average Bonchev–Trinajstić information content (AvgIpc) is 2.26. The number of benzene rings is 1. The number of nitro groups is 1. The van der Waals surface area contributed by atoms with E-state index in [0.29, 0.717) is 12.4 Å². The molecule has 1 aromatic carbocycles. The molecule has 0 spiro atoms. The minimum Gasteiger partial charge on any atom is -0.493 e. The maximum absolute atomic E-state index is 10.6. The molecule has 1 N–H and O–H groups in total.